The molecule has 6 nitrogen and oxygen atoms in total. The van der Waals surface area contributed by atoms with Crippen LogP contribution in [0, 0.1) is 0 Å². The second kappa shape index (κ2) is 6.13. The monoisotopic (exact) mass is 319 g/mol. The summed E-state index contributed by atoms with van der Waals surface area (Å²) in [5.41, 5.74) is 0. The van der Waals surface area contributed by atoms with Gasteiger partial charge in [0, 0.05) is 12.3 Å². The minimum Gasteiger partial charge on any atom is -0.467 e. The average molecular weight is 320 g/mol. The summed E-state index contributed by atoms with van der Waals surface area (Å²) in [5.74, 6) is 0.484. The van der Waals surface area contributed by atoms with E-state index in [1.807, 2.05) is 0 Å². The first kappa shape index (κ1) is 15.3. The molecule has 1 aromatic rings. The predicted molar refractivity (Wildman–Crippen MR) is 78.1 cm³/mol. The Labute approximate surface area is 123 Å². The highest BCUT2D eigenvalue weighted by Gasteiger charge is 2.29. The molecule has 0 unspecified atom stereocenters. The van der Waals surface area contributed by atoms with Crippen molar-refractivity contribution < 1.29 is 13.2 Å². The zero-order valence-corrected chi connectivity index (χ0v) is 13.0. The van der Waals surface area contributed by atoms with Gasteiger partial charge in [-0.1, -0.05) is 18.0 Å². The summed E-state index contributed by atoms with van der Waals surface area (Å²) < 4.78 is 28.3. The maximum Gasteiger partial charge on any atom is 0.318 e. The molecule has 0 saturated heterocycles. The minimum absolute atomic E-state index is 0.0422. The summed E-state index contributed by atoms with van der Waals surface area (Å²) in [6, 6.07) is 0.271. The molecule has 1 aliphatic rings. The Balaban J connectivity index is 2.10. The lowest BCUT2D eigenvalue weighted by Gasteiger charge is -2.29. The van der Waals surface area contributed by atoms with Gasteiger partial charge in [-0.15, -0.1) is 0 Å². The van der Waals surface area contributed by atoms with E-state index in [2.05, 4.69) is 15.3 Å². The van der Waals surface area contributed by atoms with Crippen molar-refractivity contribution in [3.05, 3.63) is 11.2 Å². The Bertz CT molecular complexity index is 579. The molecular formula is C12H18ClN3O3S. The van der Waals surface area contributed by atoms with Crippen LogP contribution in [-0.2, 0) is 9.84 Å². The standard InChI is InChI=1S/C12H18ClN3O3S/c1-19-12-14-7-10(13)11(16-12)15-8-4-3-5-9(6-8)20(2,17)18/h7-9H,3-6H2,1-2H3,(H,14,15,16)/t8-,9+/m1/s1. The topological polar surface area (TPSA) is 81.2 Å². The highest BCUT2D eigenvalue weighted by Crippen LogP contribution is 2.28. The summed E-state index contributed by atoms with van der Waals surface area (Å²) in [6.45, 7) is 0. The number of halogens is 1. The number of ether oxygens (including phenoxy) is 1. The van der Waals surface area contributed by atoms with Crippen LogP contribution in [0.25, 0.3) is 0 Å². The van der Waals surface area contributed by atoms with Crippen LogP contribution in [0.2, 0.25) is 5.02 Å². The minimum atomic E-state index is -3.00. The zero-order chi connectivity index (χ0) is 14.8. The summed E-state index contributed by atoms with van der Waals surface area (Å²) in [5, 5.41) is 3.30. The molecule has 112 valence electrons. The quantitative estimate of drug-likeness (QED) is 0.913. The van der Waals surface area contributed by atoms with Crippen molar-refractivity contribution >= 4 is 27.3 Å². The Morgan fingerprint density at radius 2 is 2.20 bits per heavy atom. The summed E-state index contributed by atoms with van der Waals surface area (Å²) in [6.07, 6.45) is 5.82. The summed E-state index contributed by atoms with van der Waals surface area (Å²) in [4.78, 5) is 8.05. The van der Waals surface area contributed by atoms with E-state index in [4.69, 9.17) is 16.3 Å². The fraction of sp³-hybridized carbons (Fsp3) is 0.667. The number of methoxy groups -OCH3 is 1. The normalized spacial score (nSPS) is 23.4. The van der Waals surface area contributed by atoms with E-state index in [1.165, 1.54) is 19.6 Å². The van der Waals surface area contributed by atoms with E-state index in [0.717, 1.165) is 19.3 Å². The first-order chi connectivity index (χ1) is 9.40. The number of anilines is 1. The van der Waals surface area contributed by atoms with Gasteiger partial charge >= 0.3 is 6.01 Å². The van der Waals surface area contributed by atoms with Crippen molar-refractivity contribution in [2.45, 2.75) is 37.0 Å². The summed E-state index contributed by atoms with van der Waals surface area (Å²) in [7, 11) is -1.52. The lowest BCUT2D eigenvalue weighted by atomic mass is 9.95. The molecule has 0 radical (unpaired) electrons. The Morgan fingerprint density at radius 1 is 1.45 bits per heavy atom. The SMILES string of the molecule is COc1ncc(Cl)c(N[C@@H]2CCC[C@H](S(C)(=O)=O)C2)n1. The van der Waals surface area contributed by atoms with Gasteiger partial charge in [0.15, 0.2) is 5.82 Å². The van der Waals surface area contributed by atoms with Crippen molar-refractivity contribution in [1.82, 2.24) is 9.97 Å². The van der Waals surface area contributed by atoms with Crippen LogP contribution in [0.1, 0.15) is 25.7 Å². The van der Waals surface area contributed by atoms with E-state index >= 15 is 0 Å². The van der Waals surface area contributed by atoms with Gasteiger partial charge in [-0.25, -0.2) is 13.4 Å². The number of rotatable bonds is 4. The van der Waals surface area contributed by atoms with Crippen LogP contribution in [0.4, 0.5) is 5.82 Å². The van der Waals surface area contributed by atoms with E-state index in [-0.39, 0.29) is 17.3 Å². The smallest absolute Gasteiger partial charge is 0.318 e. The van der Waals surface area contributed by atoms with E-state index < -0.39 is 9.84 Å². The number of nitrogens with zero attached hydrogens (tertiary/aromatic N) is 2. The van der Waals surface area contributed by atoms with Gasteiger partial charge in [0.2, 0.25) is 0 Å². The van der Waals surface area contributed by atoms with Gasteiger partial charge in [0.25, 0.3) is 0 Å². The van der Waals surface area contributed by atoms with Gasteiger partial charge in [-0.2, -0.15) is 4.98 Å². The van der Waals surface area contributed by atoms with Crippen molar-refractivity contribution in [2.75, 3.05) is 18.7 Å². The predicted octanol–water partition coefficient (Wildman–Crippen LogP) is 1.91. The van der Waals surface area contributed by atoms with Crippen LogP contribution in [0.5, 0.6) is 6.01 Å². The molecule has 1 fully saturated rings. The first-order valence-corrected chi connectivity index (χ1v) is 8.75. The van der Waals surface area contributed by atoms with Crippen molar-refractivity contribution in [3.8, 4) is 6.01 Å². The molecule has 1 saturated carbocycles. The van der Waals surface area contributed by atoms with E-state index in [9.17, 15) is 8.42 Å². The van der Waals surface area contributed by atoms with Crippen LogP contribution in [-0.4, -0.2) is 43.0 Å². The number of hydrogen-bond donors (Lipinski definition) is 1. The van der Waals surface area contributed by atoms with Gasteiger partial charge in [0.1, 0.15) is 14.9 Å². The van der Waals surface area contributed by atoms with Crippen LogP contribution >= 0.6 is 11.6 Å². The number of aromatic nitrogens is 2. The molecule has 1 aliphatic carbocycles. The van der Waals surface area contributed by atoms with Crippen molar-refractivity contribution in [2.24, 2.45) is 0 Å². The Kier molecular flexibility index (Phi) is 4.70. The molecule has 8 heteroatoms. The van der Waals surface area contributed by atoms with Crippen LogP contribution in [0.3, 0.4) is 0 Å². The molecule has 0 aromatic carbocycles. The van der Waals surface area contributed by atoms with Crippen molar-refractivity contribution in [3.63, 3.8) is 0 Å². The fourth-order valence-corrected chi connectivity index (χ4v) is 3.73. The van der Waals surface area contributed by atoms with Gasteiger partial charge in [-0.05, 0) is 19.3 Å². The molecule has 0 bridgehead atoms. The zero-order valence-electron chi connectivity index (χ0n) is 11.5. The second-order valence-corrected chi connectivity index (χ2v) is 7.75. The van der Waals surface area contributed by atoms with Crippen LogP contribution < -0.4 is 10.1 Å². The van der Waals surface area contributed by atoms with Gasteiger partial charge in [-0.3, -0.25) is 0 Å². The van der Waals surface area contributed by atoms with E-state index in [0.29, 0.717) is 17.3 Å². The molecule has 20 heavy (non-hydrogen) atoms. The molecule has 0 amide bonds. The molecule has 2 atom stereocenters. The number of hydrogen-bond acceptors (Lipinski definition) is 6. The lowest BCUT2D eigenvalue weighted by Crippen LogP contribution is -2.34. The Hall–Kier alpha value is -1.08. The van der Waals surface area contributed by atoms with Crippen LogP contribution in [0.15, 0.2) is 6.20 Å². The molecule has 1 aromatic heterocycles. The maximum atomic E-state index is 11.7. The maximum absolute atomic E-state index is 11.7. The highest BCUT2D eigenvalue weighted by molar-refractivity contribution is 7.91. The third kappa shape index (κ3) is 3.73. The fourth-order valence-electron chi connectivity index (χ4n) is 2.41. The Morgan fingerprint density at radius 3 is 2.85 bits per heavy atom. The van der Waals surface area contributed by atoms with Gasteiger partial charge in [0.05, 0.1) is 18.6 Å². The summed E-state index contributed by atoms with van der Waals surface area (Å²) >= 11 is 6.04. The number of nitrogens with one attached hydrogen (secondary N) is 1. The molecule has 2 rings (SSSR count). The van der Waals surface area contributed by atoms with Gasteiger partial charge < -0.3 is 10.1 Å². The lowest BCUT2D eigenvalue weighted by molar-refractivity contribution is 0.379. The molecule has 1 N–H and O–H groups in total. The van der Waals surface area contributed by atoms with E-state index in [1.54, 1.807) is 0 Å². The number of sulfone groups is 1. The molecule has 1 heterocycles. The third-order valence-electron chi connectivity index (χ3n) is 3.48. The first-order valence-electron chi connectivity index (χ1n) is 6.42. The molecule has 0 aliphatic heterocycles. The highest BCUT2D eigenvalue weighted by atomic mass is 35.5. The molecule has 0 spiro atoms. The van der Waals surface area contributed by atoms with Crippen molar-refractivity contribution in [1.29, 1.82) is 0 Å². The second-order valence-electron chi connectivity index (χ2n) is 5.01. The molecular weight excluding hydrogens is 302 g/mol. The average Bonchev–Trinajstić information content (AvgIpc) is 2.41. The largest absolute Gasteiger partial charge is 0.467 e. The third-order valence-corrected chi connectivity index (χ3v) is 5.39.